The summed E-state index contributed by atoms with van der Waals surface area (Å²) in [6, 6.07) is 22.7. The molecule has 5 heteroatoms. The SMILES string of the molecule is Cc1ccc(OC[C@H](C)N)cc1C(=O)NC1(c2cc(-c3cccs3)cc3ccccc23)CC1. The van der Waals surface area contributed by atoms with Crippen LogP contribution >= 0.6 is 11.3 Å². The number of nitrogens with one attached hydrogen (secondary N) is 1. The van der Waals surface area contributed by atoms with Gasteiger partial charge in [0.1, 0.15) is 12.4 Å². The molecular formula is C28H28N2O2S. The number of aryl methyl sites for hydroxylation is 1. The van der Waals surface area contributed by atoms with Gasteiger partial charge in [-0.15, -0.1) is 11.3 Å². The van der Waals surface area contributed by atoms with Crippen molar-refractivity contribution in [2.45, 2.75) is 38.3 Å². The Morgan fingerprint density at radius 1 is 1.12 bits per heavy atom. The maximum absolute atomic E-state index is 13.4. The molecule has 1 atom stereocenters. The number of fused-ring (bicyclic) bond motifs is 1. The first kappa shape index (κ1) is 21.7. The molecule has 1 amide bonds. The molecule has 1 heterocycles. The van der Waals surface area contributed by atoms with Gasteiger partial charge in [-0.2, -0.15) is 0 Å². The summed E-state index contributed by atoms with van der Waals surface area (Å²) < 4.78 is 5.75. The summed E-state index contributed by atoms with van der Waals surface area (Å²) in [7, 11) is 0. The highest BCUT2D eigenvalue weighted by molar-refractivity contribution is 7.13. The minimum absolute atomic E-state index is 0.0674. The highest BCUT2D eigenvalue weighted by Gasteiger charge is 2.47. The molecule has 168 valence electrons. The molecule has 0 unspecified atom stereocenters. The van der Waals surface area contributed by atoms with Gasteiger partial charge in [0, 0.05) is 16.5 Å². The first-order chi connectivity index (χ1) is 15.9. The summed E-state index contributed by atoms with van der Waals surface area (Å²) in [5.41, 5.74) is 9.42. The summed E-state index contributed by atoms with van der Waals surface area (Å²) in [6.07, 6.45) is 1.85. The van der Waals surface area contributed by atoms with Crippen molar-refractivity contribution >= 4 is 28.0 Å². The Morgan fingerprint density at radius 3 is 2.67 bits per heavy atom. The van der Waals surface area contributed by atoms with Crippen LogP contribution in [0.25, 0.3) is 21.2 Å². The topological polar surface area (TPSA) is 64.3 Å². The van der Waals surface area contributed by atoms with Crippen LogP contribution in [-0.4, -0.2) is 18.6 Å². The van der Waals surface area contributed by atoms with Crippen LogP contribution in [0, 0.1) is 6.92 Å². The lowest BCUT2D eigenvalue weighted by molar-refractivity contribution is 0.0930. The van der Waals surface area contributed by atoms with Crippen molar-refractivity contribution in [3.05, 3.63) is 88.8 Å². The first-order valence-corrected chi connectivity index (χ1v) is 12.2. The molecule has 33 heavy (non-hydrogen) atoms. The highest BCUT2D eigenvalue weighted by Crippen LogP contribution is 2.49. The van der Waals surface area contributed by atoms with Crippen LogP contribution in [-0.2, 0) is 5.54 Å². The molecule has 1 aromatic heterocycles. The molecule has 3 N–H and O–H groups in total. The van der Waals surface area contributed by atoms with Crippen LogP contribution in [0.15, 0.2) is 72.1 Å². The predicted octanol–water partition coefficient (Wildman–Crippen LogP) is 6.02. The molecule has 4 aromatic rings. The minimum atomic E-state index is -0.348. The van der Waals surface area contributed by atoms with Gasteiger partial charge in [0.2, 0.25) is 0 Å². The van der Waals surface area contributed by atoms with Gasteiger partial charge in [-0.1, -0.05) is 36.4 Å². The Kier molecular flexibility index (Phi) is 5.69. The predicted molar refractivity (Wildman–Crippen MR) is 136 cm³/mol. The number of ether oxygens (including phenoxy) is 1. The number of nitrogens with two attached hydrogens (primary N) is 1. The Labute approximate surface area is 198 Å². The monoisotopic (exact) mass is 456 g/mol. The van der Waals surface area contributed by atoms with Gasteiger partial charge < -0.3 is 15.8 Å². The van der Waals surface area contributed by atoms with E-state index in [1.165, 1.54) is 26.8 Å². The van der Waals surface area contributed by atoms with Crippen molar-refractivity contribution in [3.63, 3.8) is 0 Å². The second-order valence-corrected chi connectivity index (χ2v) is 9.97. The molecule has 4 nitrogen and oxygen atoms in total. The zero-order valence-corrected chi connectivity index (χ0v) is 19.7. The molecule has 3 aromatic carbocycles. The van der Waals surface area contributed by atoms with Crippen molar-refractivity contribution in [2.24, 2.45) is 5.73 Å². The molecule has 0 bridgehead atoms. The summed E-state index contributed by atoms with van der Waals surface area (Å²) in [6.45, 7) is 4.26. The van der Waals surface area contributed by atoms with Crippen LogP contribution in [0.2, 0.25) is 0 Å². The molecule has 0 saturated heterocycles. The average Bonchev–Trinajstić information content (AvgIpc) is 3.37. The number of thiophene rings is 1. The van der Waals surface area contributed by atoms with E-state index in [0.717, 1.165) is 18.4 Å². The third-order valence-corrected chi connectivity index (χ3v) is 7.17. The normalized spacial score (nSPS) is 15.2. The van der Waals surface area contributed by atoms with E-state index in [0.29, 0.717) is 17.9 Å². The summed E-state index contributed by atoms with van der Waals surface area (Å²) in [5.74, 6) is 0.597. The van der Waals surface area contributed by atoms with Crippen molar-refractivity contribution in [1.29, 1.82) is 0 Å². The van der Waals surface area contributed by atoms with Gasteiger partial charge in [0.05, 0.1) is 5.54 Å². The lowest BCUT2D eigenvalue weighted by Gasteiger charge is -2.22. The van der Waals surface area contributed by atoms with Crippen molar-refractivity contribution in [1.82, 2.24) is 5.32 Å². The maximum Gasteiger partial charge on any atom is 0.252 e. The average molecular weight is 457 g/mol. The molecule has 1 aliphatic carbocycles. The van der Waals surface area contributed by atoms with E-state index >= 15 is 0 Å². The Hall–Kier alpha value is -3.15. The second kappa shape index (κ2) is 8.65. The Bertz CT molecular complexity index is 1310. The number of carbonyl (C=O) groups excluding carboxylic acids is 1. The van der Waals surface area contributed by atoms with Gasteiger partial charge in [-0.3, -0.25) is 4.79 Å². The van der Waals surface area contributed by atoms with E-state index in [-0.39, 0.29) is 17.5 Å². The number of carbonyl (C=O) groups is 1. The number of hydrogen-bond donors (Lipinski definition) is 2. The summed E-state index contributed by atoms with van der Waals surface area (Å²) in [4.78, 5) is 14.7. The molecule has 0 radical (unpaired) electrons. The van der Waals surface area contributed by atoms with Crippen LogP contribution < -0.4 is 15.8 Å². The maximum atomic E-state index is 13.4. The van der Waals surface area contributed by atoms with Crippen LogP contribution in [0.4, 0.5) is 0 Å². The van der Waals surface area contributed by atoms with Gasteiger partial charge in [0.15, 0.2) is 0 Å². The van der Waals surface area contributed by atoms with Crippen LogP contribution in [0.5, 0.6) is 5.75 Å². The van der Waals surface area contributed by atoms with E-state index in [1.54, 1.807) is 11.3 Å². The van der Waals surface area contributed by atoms with Crippen molar-refractivity contribution in [2.75, 3.05) is 6.61 Å². The number of amides is 1. The fourth-order valence-electron chi connectivity index (χ4n) is 4.33. The third-order valence-electron chi connectivity index (χ3n) is 6.25. The lowest BCUT2D eigenvalue weighted by atomic mass is 9.93. The van der Waals surface area contributed by atoms with E-state index in [4.69, 9.17) is 10.5 Å². The van der Waals surface area contributed by atoms with E-state index in [2.05, 4.69) is 59.2 Å². The quantitative estimate of drug-likeness (QED) is 0.357. The standard InChI is InChI=1S/C28H28N2O2S/c1-18-9-10-22(32-17-19(2)29)16-24(18)27(31)30-28(11-12-28)25-15-21(26-8-5-13-33-26)14-20-6-3-4-7-23(20)25/h3-10,13-16,19H,11-12,17,29H2,1-2H3,(H,30,31)/t19-/m0/s1. The number of hydrogen-bond acceptors (Lipinski definition) is 4. The number of benzene rings is 3. The Morgan fingerprint density at radius 2 is 1.94 bits per heavy atom. The zero-order valence-electron chi connectivity index (χ0n) is 18.9. The Balaban J connectivity index is 1.49. The number of rotatable bonds is 7. The third kappa shape index (κ3) is 4.39. The van der Waals surface area contributed by atoms with E-state index in [9.17, 15) is 4.79 Å². The lowest BCUT2D eigenvalue weighted by Crippen LogP contribution is -2.35. The van der Waals surface area contributed by atoms with Crippen LogP contribution in [0.1, 0.15) is 41.3 Å². The summed E-state index contributed by atoms with van der Waals surface area (Å²) in [5, 5.41) is 7.87. The summed E-state index contributed by atoms with van der Waals surface area (Å²) >= 11 is 1.74. The molecule has 1 aliphatic rings. The second-order valence-electron chi connectivity index (χ2n) is 9.02. The first-order valence-electron chi connectivity index (χ1n) is 11.3. The fraction of sp³-hybridized carbons (Fsp3) is 0.250. The smallest absolute Gasteiger partial charge is 0.252 e. The fourth-order valence-corrected chi connectivity index (χ4v) is 5.04. The van der Waals surface area contributed by atoms with Crippen LogP contribution in [0.3, 0.4) is 0 Å². The van der Waals surface area contributed by atoms with Crippen molar-refractivity contribution in [3.8, 4) is 16.2 Å². The molecule has 0 spiro atoms. The van der Waals surface area contributed by atoms with Gasteiger partial charge in [0.25, 0.3) is 5.91 Å². The molecule has 5 rings (SSSR count). The molecular weight excluding hydrogens is 428 g/mol. The van der Waals surface area contributed by atoms with Gasteiger partial charge in [-0.25, -0.2) is 0 Å². The highest BCUT2D eigenvalue weighted by atomic mass is 32.1. The van der Waals surface area contributed by atoms with Crippen molar-refractivity contribution < 1.29 is 9.53 Å². The zero-order chi connectivity index (χ0) is 23.0. The largest absolute Gasteiger partial charge is 0.492 e. The molecule has 0 aliphatic heterocycles. The molecule has 1 saturated carbocycles. The van der Waals surface area contributed by atoms with E-state index in [1.807, 2.05) is 32.0 Å². The van der Waals surface area contributed by atoms with Gasteiger partial charge in [-0.05, 0) is 89.9 Å². The van der Waals surface area contributed by atoms with E-state index < -0.39 is 0 Å². The van der Waals surface area contributed by atoms with Gasteiger partial charge >= 0.3 is 0 Å². The molecule has 1 fully saturated rings. The minimum Gasteiger partial charge on any atom is -0.492 e.